The molecule has 0 radical (unpaired) electrons. The zero-order valence-corrected chi connectivity index (χ0v) is 8.81. The van der Waals surface area contributed by atoms with Crippen LogP contribution < -0.4 is 4.90 Å². The molecule has 3 nitrogen and oxygen atoms in total. The van der Waals surface area contributed by atoms with Crippen LogP contribution in [-0.2, 0) is 4.79 Å². The number of allylic oxidation sites excluding steroid dienone is 1. The molecule has 0 spiro atoms. The van der Waals surface area contributed by atoms with E-state index in [-0.39, 0.29) is 5.91 Å². The molecule has 1 aromatic rings. The highest BCUT2D eigenvalue weighted by Crippen LogP contribution is 2.17. The summed E-state index contributed by atoms with van der Waals surface area (Å²) in [4.78, 5) is 23.7. The molecular formula is C12H13NO2. The number of anilines is 1. The summed E-state index contributed by atoms with van der Waals surface area (Å²) in [6, 6.07) is 6.98. The average Bonchev–Trinajstić information content (AvgIpc) is 2.28. The van der Waals surface area contributed by atoms with Crippen LogP contribution in [0.2, 0.25) is 0 Å². The highest BCUT2D eigenvalue weighted by molar-refractivity contribution is 6.03. The van der Waals surface area contributed by atoms with E-state index in [1.165, 1.54) is 11.0 Å². The molecule has 15 heavy (non-hydrogen) atoms. The van der Waals surface area contributed by atoms with Gasteiger partial charge in [0, 0.05) is 12.6 Å². The summed E-state index contributed by atoms with van der Waals surface area (Å²) < 4.78 is 0. The van der Waals surface area contributed by atoms with Crippen LogP contribution in [0, 0.1) is 0 Å². The second-order valence-corrected chi connectivity index (χ2v) is 3.07. The third-order valence-corrected chi connectivity index (χ3v) is 2.06. The van der Waals surface area contributed by atoms with E-state index in [2.05, 4.69) is 0 Å². The molecule has 1 amide bonds. The Morgan fingerprint density at radius 1 is 1.33 bits per heavy atom. The van der Waals surface area contributed by atoms with E-state index in [0.29, 0.717) is 11.3 Å². The molecule has 3 heteroatoms. The fourth-order valence-corrected chi connectivity index (χ4v) is 1.27. The number of para-hydroxylation sites is 1. The van der Waals surface area contributed by atoms with Gasteiger partial charge in [0.2, 0.25) is 5.91 Å². The van der Waals surface area contributed by atoms with Crippen molar-refractivity contribution in [2.45, 2.75) is 6.92 Å². The van der Waals surface area contributed by atoms with Crippen molar-refractivity contribution in [3.63, 3.8) is 0 Å². The van der Waals surface area contributed by atoms with E-state index >= 15 is 0 Å². The van der Waals surface area contributed by atoms with E-state index in [0.717, 1.165) is 6.29 Å². The number of likely N-dealkylation sites (N-methyl/N-ethyl adjacent to an activating group) is 1. The van der Waals surface area contributed by atoms with E-state index < -0.39 is 0 Å². The third-order valence-electron chi connectivity index (χ3n) is 2.06. The molecule has 0 N–H and O–H groups in total. The number of hydrogen-bond donors (Lipinski definition) is 0. The van der Waals surface area contributed by atoms with Crippen molar-refractivity contribution in [2.75, 3.05) is 11.9 Å². The van der Waals surface area contributed by atoms with Gasteiger partial charge in [0.05, 0.1) is 5.69 Å². The van der Waals surface area contributed by atoms with Crippen molar-refractivity contribution in [3.05, 3.63) is 42.0 Å². The Balaban J connectivity index is 3.04. The molecule has 0 aliphatic heterocycles. The number of amides is 1. The summed E-state index contributed by atoms with van der Waals surface area (Å²) in [6.07, 6.45) is 3.87. The zero-order valence-electron chi connectivity index (χ0n) is 8.81. The topological polar surface area (TPSA) is 37.4 Å². The van der Waals surface area contributed by atoms with Gasteiger partial charge in [-0.3, -0.25) is 9.59 Å². The SMILES string of the molecule is C/C=C/C(=O)N(C)c1ccccc1C=O. The minimum atomic E-state index is -0.146. The lowest BCUT2D eigenvalue weighted by atomic mass is 10.2. The van der Waals surface area contributed by atoms with E-state index in [9.17, 15) is 9.59 Å². The third kappa shape index (κ3) is 2.53. The van der Waals surface area contributed by atoms with Gasteiger partial charge in [-0.1, -0.05) is 18.2 Å². The minimum Gasteiger partial charge on any atom is -0.311 e. The molecule has 0 saturated heterocycles. The fraction of sp³-hybridized carbons (Fsp3) is 0.167. The summed E-state index contributed by atoms with van der Waals surface area (Å²) in [7, 11) is 1.64. The number of hydrogen-bond acceptors (Lipinski definition) is 2. The molecule has 0 unspecified atom stereocenters. The Morgan fingerprint density at radius 2 is 2.00 bits per heavy atom. The highest BCUT2D eigenvalue weighted by atomic mass is 16.2. The maximum atomic E-state index is 11.5. The molecule has 0 saturated carbocycles. The quantitative estimate of drug-likeness (QED) is 0.557. The van der Waals surface area contributed by atoms with Crippen LogP contribution in [-0.4, -0.2) is 19.2 Å². The maximum absolute atomic E-state index is 11.5. The molecule has 0 atom stereocenters. The van der Waals surface area contributed by atoms with Crippen molar-refractivity contribution in [2.24, 2.45) is 0 Å². The predicted molar refractivity (Wildman–Crippen MR) is 60.1 cm³/mol. The van der Waals surface area contributed by atoms with Gasteiger partial charge >= 0.3 is 0 Å². The molecule has 0 aromatic heterocycles. The van der Waals surface area contributed by atoms with Gasteiger partial charge in [-0.25, -0.2) is 0 Å². The molecule has 0 fully saturated rings. The first-order valence-corrected chi connectivity index (χ1v) is 4.65. The predicted octanol–water partition coefficient (Wildman–Crippen LogP) is 2.04. The van der Waals surface area contributed by atoms with Crippen molar-refractivity contribution in [1.82, 2.24) is 0 Å². The van der Waals surface area contributed by atoms with Crippen molar-refractivity contribution in [3.8, 4) is 0 Å². The minimum absolute atomic E-state index is 0.146. The van der Waals surface area contributed by atoms with Crippen molar-refractivity contribution in [1.29, 1.82) is 0 Å². The first-order chi connectivity index (χ1) is 7.20. The second-order valence-electron chi connectivity index (χ2n) is 3.07. The van der Waals surface area contributed by atoms with Gasteiger partial charge in [0.1, 0.15) is 0 Å². The van der Waals surface area contributed by atoms with Gasteiger partial charge in [-0.15, -0.1) is 0 Å². The fourth-order valence-electron chi connectivity index (χ4n) is 1.27. The van der Waals surface area contributed by atoms with Crippen LogP contribution in [0.1, 0.15) is 17.3 Å². The monoisotopic (exact) mass is 203 g/mol. The largest absolute Gasteiger partial charge is 0.311 e. The van der Waals surface area contributed by atoms with Gasteiger partial charge in [0.25, 0.3) is 0 Å². The smallest absolute Gasteiger partial charge is 0.250 e. The van der Waals surface area contributed by atoms with Crippen LogP contribution in [0.25, 0.3) is 0 Å². The highest BCUT2D eigenvalue weighted by Gasteiger charge is 2.10. The number of aldehydes is 1. The first-order valence-electron chi connectivity index (χ1n) is 4.65. The van der Waals surface area contributed by atoms with Crippen molar-refractivity contribution >= 4 is 17.9 Å². The number of carbonyl (C=O) groups is 2. The Labute approximate surface area is 89.0 Å². The van der Waals surface area contributed by atoms with Crippen LogP contribution in [0.4, 0.5) is 5.69 Å². The number of rotatable bonds is 3. The molecule has 0 bridgehead atoms. The zero-order chi connectivity index (χ0) is 11.3. The Morgan fingerprint density at radius 3 is 2.60 bits per heavy atom. The normalized spacial score (nSPS) is 10.3. The molecule has 1 rings (SSSR count). The second kappa shape index (κ2) is 5.10. The lowest BCUT2D eigenvalue weighted by molar-refractivity contribution is -0.113. The Bertz CT molecular complexity index is 396. The number of nitrogens with zero attached hydrogens (tertiary/aromatic N) is 1. The molecule has 0 aliphatic carbocycles. The first kappa shape index (κ1) is 11.2. The Kier molecular flexibility index (Phi) is 3.80. The molecule has 1 aromatic carbocycles. The van der Waals surface area contributed by atoms with Crippen LogP contribution in [0.15, 0.2) is 36.4 Å². The van der Waals surface area contributed by atoms with Crippen LogP contribution in [0.5, 0.6) is 0 Å². The summed E-state index contributed by atoms with van der Waals surface area (Å²) in [5.74, 6) is -0.146. The summed E-state index contributed by atoms with van der Waals surface area (Å²) in [5.41, 5.74) is 1.13. The molecular weight excluding hydrogens is 190 g/mol. The van der Waals surface area contributed by atoms with Gasteiger partial charge in [0.15, 0.2) is 6.29 Å². The van der Waals surface area contributed by atoms with Gasteiger partial charge in [-0.2, -0.15) is 0 Å². The number of benzene rings is 1. The molecule has 0 aliphatic rings. The standard InChI is InChI=1S/C12H13NO2/c1-3-6-12(15)13(2)11-8-5-4-7-10(11)9-14/h3-9H,1-2H3/b6-3+. The maximum Gasteiger partial charge on any atom is 0.250 e. The lowest BCUT2D eigenvalue weighted by Gasteiger charge is -2.16. The number of carbonyl (C=O) groups excluding carboxylic acids is 2. The van der Waals surface area contributed by atoms with E-state index in [4.69, 9.17) is 0 Å². The van der Waals surface area contributed by atoms with E-state index in [1.54, 1.807) is 44.3 Å². The van der Waals surface area contributed by atoms with Crippen LogP contribution >= 0.6 is 0 Å². The summed E-state index contributed by atoms with van der Waals surface area (Å²) in [6.45, 7) is 1.78. The average molecular weight is 203 g/mol. The summed E-state index contributed by atoms with van der Waals surface area (Å²) in [5, 5.41) is 0. The van der Waals surface area contributed by atoms with Crippen LogP contribution in [0.3, 0.4) is 0 Å². The van der Waals surface area contributed by atoms with Gasteiger partial charge in [-0.05, 0) is 25.1 Å². The van der Waals surface area contributed by atoms with Crippen molar-refractivity contribution < 1.29 is 9.59 Å². The summed E-state index contributed by atoms with van der Waals surface area (Å²) >= 11 is 0. The lowest BCUT2D eigenvalue weighted by Crippen LogP contribution is -2.25. The molecule has 0 heterocycles. The molecule has 78 valence electrons. The Hall–Kier alpha value is -1.90. The van der Waals surface area contributed by atoms with E-state index in [1.807, 2.05) is 0 Å². The van der Waals surface area contributed by atoms with Gasteiger partial charge < -0.3 is 4.90 Å².